The fourth-order valence-electron chi connectivity index (χ4n) is 4.19. The molecule has 1 aromatic heterocycles. The lowest BCUT2D eigenvalue weighted by Crippen LogP contribution is -2.59. The summed E-state index contributed by atoms with van der Waals surface area (Å²) in [5.41, 5.74) is 2.72. The molecule has 6 atom stereocenters. The summed E-state index contributed by atoms with van der Waals surface area (Å²) < 4.78 is 26.2. The molecule has 166 valence electrons. The van der Waals surface area contributed by atoms with Gasteiger partial charge in [-0.1, -0.05) is 66.7 Å². The van der Waals surface area contributed by atoms with Gasteiger partial charge in [-0.3, -0.25) is 0 Å². The molecule has 6 nitrogen and oxygen atoms in total. The predicted octanol–water partition coefficient (Wildman–Crippen LogP) is 4.19. The Morgan fingerprint density at radius 2 is 1.25 bits per heavy atom. The van der Waals surface area contributed by atoms with E-state index in [9.17, 15) is 5.11 Å². The molecule has 0 aliphatic carbocycles. The van der Waals surface area contributed by atoms with Crippen LogP contribution >= 0.6 is 22.6 Å². The molecule has 5 rings (SSSR count). The lowest BCUT2D eigenvalue weighted by Gasteiger charge is -2.49. The van der Waals surface area contributed by atoms with E-state index < -0.39 is 30.9 Å². The molecule has 7 heteroatoms. The molecule has 0 spiro atoms. The molecule has 0 bridgehead atoms. The van der Waals surface area contributed by atoms with E-state index >= 15 is 0 Å². The molecule has 2 aliphatic heterocycles. The smallest absolute Gasteiger partial charge is 0.184 e. The van der Waals surface area contributed by atoms with Crippen LogP contribution in [0.5, 0.6) is 0 Å². The van der Waals surface area contributed by atoms with E-state index in [2.05, 4.69) is 27.6 Å². The van der Waals surface area contributed by atoms with Gasteiger partial charge < -0.3 is 24.1 Å². The van der Waals surface area contributed by atoms with Gasteiger partial charge >= 0.3 is 0 Å². The third-order valence-corrected chi connectivity index (χ3v) is 6.32. The molecule has 0 saturated carbocycles. The van der Waals surface area contributed by atoms with Crippen molar-refractivity contribution >= 4 is 22.6 Å². The van der Waals surface area contributed by atoms with Crippen molar-refractivity contribution in [2.24, 2.45) is 0 Å². The maximum absolute atomic E-state index is 10.1. The Bertz CT molecular complexity index is 1020. The van der Waals surface area contributed by atoms with Gasteiger partial charge in [-0.15, -0.1) is 0 Å². The van der Waals surface area contributed by atoms with Crippen LogP contribution in [-0.4, -0.2) is 41.1 Å². The number of nitrogens with zero attached hydrogens (tertiary/aromatic N) is 1. The van der Waals surface area contributed by atoms with Gasteiger partial charge in [-0.2, -0.15) is 0 Å². The molecule has 32 heavy (non-hydrogen) atoms. The van der Waals surface area contributed by atoms with Crippen LogP contribution in [0.1, 0.15) is 29.4 Å². The molecule has 2 fully saturated rings. The van der Waals surface area contributed by atoms with Crippen molar-refractivity contribution in [3.8, 4) is 0 Å². The maximum atomic E-state index is 10.1. The highest BCUT2D eigenvalue weighted by Gasteiger charge is 2.50. The maximum Gasteiger partial charge on any atom is 0.184 e. The highest BCUT2D eigenvalue weighted by atomic mass is 127. The number of hydrogen-bond donors (Lipinski definition) is 1. The number of fused-ring (bicyclic) bond motifs is 1. The van der Waals surface area contributed by atoms with Crippen molar-refractivity contribution in [2.75, 3.05) is 6.61 Å². The zero-order valence-electron chi connectivity index (χ0n) is 17.3. The Hall–Kier alpha value is -1.88. The number of pyridine rings is 1. The highest BCUT2D eigenvalue weighted by Crippen LogP contribution is 2.41. The number of rotatable bonds is 5. The number of hydrogen-bond acceptors (Lipinski definition) is 6. The second kappa shape index (κ2) is 9.94. The van der Waals surface area contributed by atoms with Crippen LogP contribution < -0.4 is 0 Å². The molecule has 1 N–H and O–H groups in total. The molecule has 2 aliphatic rings. The predicted molar refractivity (Wildman–Crippen MR) is 126 cm³/mol. The van der Waals surface area contributed by atoms with Gasteiger partial charge in [0.1, 0.15) is 22.0 Å². The van der Waals surface area contributed by atoms with Gasteiger partial charge in [0.2, 0.25) is 0 Å². The van der Waals surface area contributed by atoms with Crippen molar-refractivity contribution in [3.05, 3.63) is 99.4 Å². The molecular formula is C25H24INO5. The lowest BCUT2D eigenvalue weighted by molar-refractivity contribution is -0.384. The Balaban J connectivity index is 1.47. The summed E-state index contributed by atoms with van der Waals surface area (Å²) in [7, 11) is 0. The topological polar surface area (TPSA) is 70.0 Å². The van der Waals surface area contributed by atoms with Crippen LogP contribution in [0.3, 0.4) is 0 Å². The number of benzene rings is 2. The molecule has 3 aromatic rings. The number of aliphatic hydroxyl groups is 1. The van der Waals surface area contributed by atoms with E-state index in [4.69, 9.17) is 18.9 Å². The average Bonchev–Trinajstić information content (AvgIpc) is 2.84. The molecular weight excluding hydrogens is 521 g/mol. The molecule has 2 aromatic carbocycles. The molecule has 3 heterocycles. The Morgan fingerprint density at radius 1 is 0.688 bits per heavy atom. The monoisotopic (exact) mass is 545 g/mol. The first kappa shape index (κ1) is 21.9. The first-order valence-corrected chi connectivity index (χ1v) is 11.7. The van der Waals surface area contributed by atoms with Gasteiger partial charge in [0.15, 0.2) is 12.6 Å². The molecule has 2 unspecified atom stereocenters. The van der Waals surface area contributed by atoms with E-state index in [0.29, 0.717) is 6.42 Å². The minimum absolute atomic E-state index is 0.177. The van der Waals surface area contributed by atoms with E-state index in [1.165, 1.54) is 0 Å². The van der Waals surface area contributed by atoms with Crippen LogP contribution in [-0.2, 0) is 25.4 Å². The van der Waals surface area contributed by atoms with Crippen LogP contribution in [0.25, 0.3) is 0 Å². The van der Waals surface area contributed by atoms with Crippen molar-refractivity contribution in [1.82, 2.24) is 4.98 Å². The normalized spacial score (nSPS) is 29.9. The van der Waals surface area contributed by atoms with Crippen LogP contribution in [0.15, 0.2) is 78.9 Å². The first-order chi connectivity index (χ1) is 15.7. The van der Waals surface area contributed by atoms with Crippen molar-refractivity contribution in [2.45, 2.75) is 43.4 Å². The Morgan fingerprint density at radius 3 is 1.81 bits per heavy atom. The summed E-state index contributed by atoms with van der Waals surface area (Å²) in [6, 6.07) is 25.5. The van der Waals surface area contributed by atoms with Crippen LogP contribution in [0.4, 0.5) is 0 Å². The fraction of sp³-hybridized carbons (Fsp3) is 0.320. The summed E-state index contributed by atoms with van der Waals surface area (Å²) in [6.45, 7) is -0.177. The van der Waals surface area contributed by atoms with E-state index in [1.54, 1.807) is 0 Å². The second-order valence-corrected chi connectivity index (χ2v) is 8.98. The highest BCUT2D eigenvalue weighted by molar-refractivity contribution is 14.1. The summed E-state index contributed by atoms with van der Waals surface area (Å²) in [5, 5.41) is 10.1. The van der Waals surface area contributed by atoms with Crippen LogP contribution in [0, 0.1) is 3.70 Å². The third kappa shape index (κ3) is 4.73. The average molecular weight is 545 g/mol. The third-order valence-electron chi connectivity index (χ3n) is 5.72. The zero-order chi connectivity index (χ0) is 21.9. The van der Waals surface area contributed by atoms with E-state index in [-0.39, 0.29) is 12.7 Å². The summed E-state index contributed by atoms with van der Waals surface area (Å²) in [5.74, 6) is 0. The molecule has 2 saturated heterocycles. The standard InChI is InChI=1S/C25H24INO5/c26-21-13-7-12-18(27-21)14-19-22-23(32-24(29-19)16-8-3-1-4-9-16)20(15-28)30-25(31-22)17-10-5-2-6-11-17/h1-13,19-20,22-25,28H,14-15H2/t19-,20-,22+,23-,24?,25?/m1/s1. The number of aromatic nitrogens is 1. The van der Waals surface area contributed by atoms with Gasteiger partial charge in [0.25, 0.3) is 0 Å². The minimum atomic E-state index is -0.610. The fourth-order valence-corrected chi connectivity index (χ4v) is 4.71. The first-order valence-electron chi connectivity index (χ1n) is 10.7. The Labute approximate surface area is 200 Å². The van der Waals surface area contributed by atoms with E-state index in [0.717, 1.165) is 20.5 Å². The van der Waals surface area contributed by atoms with Crippen molar-refractivity contribution < 1.29 is 24.1 Å². The quantitative estimate of drug-likeness (QED) is 0.383. The van der Waals surface area contributed by atoms with Gasteiger partial charge in [-0.25, -0.2) is 4.98 Å². The largest absolute Gasteiger partial charge is 0.394 e. The number of aliphatic hydroxyl groups excluding tert-OH is 1. The summed E-state index contributed by atoms with van der Waals surface area (Å²) in [6.07, 6.45) is -2.41. The van der Waals surface area contributed by atoms with Gasteiger partial charge in [0.05, 0.1) is 12.7 Å². The van der Waals surface area contributed by atoms with E-state index in [1.807, 2.05) is 78.9 Å². The number of halogens is 1. The van der Waals surface area contributed by atoms with Crippen LogP contribution in [0.2, 0.25) is 0 Å². The van der Waals surface area contributed by atoms with Crippen molar-refractivity contribution in [3.63, 3.8) is 0 Å². The second-order valence-electron chi connectivity index (χ2n) is 7.87. The van der Waals surface area contributed by atoms with Gasteiger partial charge in [-0.05, 0) is 34.7 Å². The van der Waals surface area contributed by atoms with Gasteiger partial charge in [0, 0.05) is 23.2 Å². The molecule has 0 amide bonds. The SMILES string of the molecule is OC[C@H]1OC(c2ccccc2)O[C@@H]2[C@@H]1OC(c1ccccc1)O[C@@H]2Cc1cccc(I)n1. The van der Waals surface area contributed by atoms with Crippen molar-refractivity contribution in [1.29, 1.82) is 0 Å². The molecule has 0 radical (unpaired) electrons. The summed E-state index contributed by atoms with van der Waals surface area (Å²) >= 11 is 2.21. The number of ether oxygens (including phenoxy) is 4. The minimum Gasteiger partial charge on any atom is -0.394 e. The lowest BCUT2D eigenvalue weighted by atomic mass is 9.95. The summed E-state index contributed by atoms with van der Waals surface area (Å²) in [4.78, 5) is 4.65. The Kier molecular flexibility index (Phi) is 6.82. The zero-order valence-corrected chi connectivity index (χ0v) is 19.4.